The molecule has 1 aliphatic rings. The van der Waals surface area contributed by atoms with E-state index in [1.165, 1.54) is 11.3 Å². The number of aromatic nitrogens is 2. The number of likely N-dealkylation sites (tertiary alicyclic amines) is 1. The first-order valence-corrected chi connectivity index (χ1v) is 10.8. The quantitative estimate of drug-likeness (QED) is 0.572. The van der Waals surface area contributed by atoms with E-state index in [1.807, 2.05) is 48.4 Å². The number of aryl methyl sites for hydroxylation is 1. The molecular formula is C22H22ClN3OS. The second-order valence-electron chi connectivity index (χ2n) is 7.13. The predicted molar refractivity (Wildman–Crippen MR) is 113 cm³/mol. The number of hydrogen-bond donors (Lipinski definition) is 0. The second-order valence-corrected chi connectivity index (χ2v) is 8.39. The van der Waals surface area contributed by atoms with Gasteiger partial charge in [0, 0.05) is 29.9 Å². The van der Waals surface area contributed by atoms with Crippen LogP contribution < -0.4 is 0 Å². The number of thiazole rings is 1. The molecule has 4 nitrogen and oxygen atoms in total. The molecule has 1 fully saturated rings. The second kappa shape index (κ2) is 8.41. The number of halogens is 1. The number of piperidine rings is 1. The standard InChI is InChI=1S/C22H22ClN3OS/c1-15-21(28-14-25-15)22(27)26-11-5-4-8-20(26)17-9-10-18(24-13-17)12-16-6-2-3-7-19(16)23/h2-3,6-7,9-10,13-14,20H,4-5,8,11-12H2,1H3/t20-/m1/s1. The van der Waals surface area contributed by atoms with E-state index in [1.54, 1.807) is 5.51 Å². The van der Waals surface area contributed by atoms with Crippen molar-refractivity contribution in [3.63, 3.8) is 0 Å². The maximum Gasteiger partial charge on any atom is 0.266 e. The molecule has 0 radical (unpaired) electrons. The van der Waals surface area contributed by atoms with Gasteiger partial charge < -0.3 is 4.90 Å². The number of amides is 1. The van der Waals surface area contributed by atoms with Gasteiger partial charge >= 0.3 is 0 Å². The lowest BCUT2D eigenvalue weighted by Gasteiger charge is -2.35. The third-order valence-electron chi connectivity index (χ3n) is 5.27. The Kier molecular flexibility index (Phi) is 5.74. The van der Waals surface area contributed by atoms with E-state index in [9.17, 15) is 4.79 Å². The van der Waals surface area contributed by atoms with Gasteiger partial charge in [-0.15, -0.1) is 11.3 Å². The minimum atomic E-state index is 0.0737. The summed E-state index contributed by atoms with van der Waals surface area (Å²) in [5, 5.41) is 0.761. The predicted octanol–water partition coefficient (Wildman–Crippen LogP) is 5.46. The lowest BCUT2D eigenvalue weighted by molar-refractivity contribution is 0.0615. The molecule has 6 heteroatoms. The molecule has 4 rings (SSSR count). The van der Waals surface area contributed by atoms with Gasteiger partial charge in [0.25, 0.3) is 5.91 Å². The molecular weight excluding hydrogens is 390 g/mol. The molecule has 1 aliphatic heterocycles. The van der Waals surface area contributed by atoms with E-state index in [4.69, 9.17) is 11.6 Å². The Labute approximate surface area is 174 Å². The van der Waals surface area contributed by atoms with Gasteiger partial charge in [-0.2, -0.15) is 0 Å². The molecule has 0 spiro atoms. The normalized spacial score (nSPS) is 16.9. The Morgan fingerprint density at radius 3 is 2.79 bits per heavy atom. The van der Waals surface area contributed by atoms with Gasteiger partial charge in [-0.05, 0) is 49.4 Å². The highest BCUT2D eigenvalue weighted by Gasteiger charge is 2.30. The van der Waals surface area contributed by atoms with E-state index in [0.717, 1.165) is 58.2 Å². The fourth-order valence-corrected chi connectivity index (χ4v) is 4.69. The average Bonchev–Trinajstić information content (AvgIpc) is 3.16. The molecule has 1 amide bonds. The van der Waals surface area contributed by atoms with Crippen molar-refractivity contribution in [2.45, 2.75) is 38.6 Å². The zero-order chi connectivity index (χ0) is 19.5. The van der Waals surface area contributed by atoms with Crippen LogP contribution in [0.4, 0.5) is 0 Å². The molecule has 144 valence electrons. The van der Waals surface area contributed by atoms with Gasteiger partial charge in [-0.1, -0.05) is 35.9 Å². The van der Waals surface area contributed by atoms with Crippen LogP contribution in [0.5, 0.6) is 0 Å². The number of carbonyl (C=O) groups is 1. The molecule has 0 aliphatic carbocycles. The van der Waals surface area contributed by atoms with Crippen LogP contribution in [0.2, 0.25) is 5.02 Å². The SMILES string of the molecule is Cc1ncsc1C(=O)N1CCCC[C@@H]1c1ccc(Cc2ccccc2Cl)nc1. The largest absolute Gasteiger partial charge is 0.331 e. The maximum absolute atomic E-state index is 13.1. The van der Waals surface area contributed by atoms with Crippen molar-refractivity contribution in [3.8, 4) is 0 Å². The molecule has 0 saturated carbocycles. The minimum absolute atomic E-state index is 0.0737. The van der Waals surface area contributed by atoms with Crippen LogP contribution in [0.1, 0.15) is 57.5 Å². The number of nitrogens with zero attached hydrogens (tertiary/aromatic N) is 3. The van der Waals surface area contributed by atoms with E-state index in [-0.39, 0.29) is 11.9 Å². The number of hydrogen-bond acceptors (Lipinski definition) is 4. The highest BCUT2D eigenvalue weighted by molar-refractivity contribution is 7.11. The smallest absolute Gasteiger partial charge is 0.266 e. The van der Waals surface area contributed by atoms with Crippen molar-refractivity contribution in [2.24, 2.45) is 0 Å². The number of carbonyl (C=O) groups excluding carboxylic acids is 1. The third-order valence-corrected chi connectivity index (χ3v) is 6.55. The Balaban J connectivity index is 1.54. The monoisotopic (exact) mass is 411 g/mol. The summed E-state index contributed by atoms with van der Waals surface area (Å²) in [5.74, 6) is 0.0878. The molecule has 0 N–H and O–H groups in total. The Morgan fingerprint density at radius 1 is 1.21 bits per heavy atom. The molecule has 28 heavy (non-hydrogen) atoms. The van der Waals surface area contributed by atoms with Crippen molar-refractivity contribution in [1.82, 2.24) is 14.9 Å². The van der Waals surface area contributed by atoms with E-state index in [2.05, 4.69) is 16.0 Å². The summed E-state index contributed by atoms with van der Waals surface area (Å²) in [6.45, 7) is 2.68. The number of pyridine rings is 1. The molecule has 1 atom stereocenters. The first-order valence-electron chi connectivity index (χ1n) is 9.53. The topological polar surface area (TPSA) is 46.1 Å². The van der Waals surface area contributed by atoms with Crippen molar-refractivity contribution < 1.29 is 4.79 Å². The molecule has 0 unspecified atom stereocenters. The van der Waals surface area contributed by atoms with Crippen LogP contribution in [-0.4, -0.2) is 27.3 Å². The number of benzene rings is 1. The van der Waals surface area contributed by atoms with Crippen LogP contribution in [0.3, 0.4) is 0 Å². The van der Waals surface area contributed by atoms with E-state index >= 15 is 0 Å². The van der Waals surface area contributed by atoms with Gasteiger partial charge in [-0.25, -0.2) is 4.98 Å². The van der Waals surface area contributed by atoms with Crippen molar-refractivity contribution in [2.75, 3.05) is 6.54 Å². The molecule has 3 heterocycles. The molecule has 1 saturated heterocycles. The van der Waals surface area contributed by atoms with Crippen molar-refractivity contribution in [3.05, 3.63) is 80.5 Å². The van der Waals surface area contributed by atoms with E-state index < -0.39 is 0 Å². The Bertz CT molecular complexity index is 970. The van der Waals surface area contributed by atoms with Crippen molar-refractivity contribution >= 4 is 28.8 Å². The Morgan fingerprint density at radius 2 is 2.07 bits per heavy atom. The fourth-order valence-electron chi connectivity index (χ4n) is 3.73. The summed E-state index contributed by atoms with van der Waals surface area (Å²) in [7, 11) is 0. The fraction of sp³-hybridized carbons (Fsp3) is 0.318. The summed E-state index contributed by atoms with van der Waals surface area (Å²) in [6, 6.07) is 12.1. The van der Waals surface area contributed by atoms with Crippen LogP contribution in [0, 0.1) is 6.92 Å². The number of rotatable bonds is 4. The van der Waals surface area contributed by atoms with Crippen LogP contribution in [0.25, 0.3) is 0 Å². The van der Waals surface area contributed by atoms with Gasteiger partial charge in [-0.3, -0.25) is 9.78 Å². The maximum atomic E-state index is 13.1. The molecule has 2 aromatic heterocycles. The summed E-state index contributed by atoms with van der Waals surface area (Å²) < 4.78 is 0. The van der Waals surface area contributed by atoms with E-state index in [0.29, 0.717) is 6.42 Å². The summed E-state index contributed by atoms with van der Waals surface area (Å²) >= 11 is 7.69. The third kappa shape index (κ3) is 3.96. The average molecular weight is 412 g/mol. The van der Waals surface area contributed by atoms with Gasteiger partial charge in [0.15, 0.2) is 0 Å². The van der Waals surface area contributed by atoms with Crippen LogP contribution in [0.15, 0.2) is 48.1 Å². The minimum Gasteiger partial charge on any atom is -0.331 e. The highest BCUT2D eigenvalue weighted by Crippen LogP contribution is 2.33. The highest BCUT2D eigenvalue weighted by atomic mass is 35.5. The summed E-state index contributed by atoms with van der Waals surface area (Å²) in [5.41, 5.74) is 5.70. The lowest BCUT2D eigenvalue weighted by Crippen LogP contribution is -2.38. The Hall–Kier alpha value is -2.24. The molecule has 1 aromatic carbocycles. The zero-order valence-corrected chi connectivity index (χ0v) is 17.3. The van der Waals surface area contributed by atoms with Gasteiger partial charge in [0.05, 0.1) is 17.2 Å². The molecule has 3 aromatic rings. The van der Waals surface area contributed by atoms with Crippen molar-refractivity contribution in [1.29, 1.82) is 0 Å². The summed E-state index contributed by atoms with van der Waals surface area (Å²) in [4.78, 5) is 24.7. The van der Waals surface area contributed by atoms with Crippen LogP contribution in [-0.2, 0) is 6.42 Å². The zero-order valence-electron chi connectivity index (χ0n) is 15.8. The van der Waals surface area contributed by atoms with Gasteiger partial charge in [0.1, 0.15) is 4.88 Å². The van der Waals surface area contributed by atoms with Crippen LogP contribution >= 0.6 is 22.9 Å². The summed E-state index contributed by atoms with van der Waals surface area (Å²) in [6.07, 6.45) is 5.75. The lowest BCUT2D eigenvalue weighted by atomic mass is 9.95. The molecule has 0 bridgehead atoms. The van der Waals surface area contributed by atoms with Gasteiger partial charge in [0.2, 0.25) is 0 Å². The first-order chi connectivity index (χ1) is 13.6. The first kappa shape index (κ1) is 19.1.